The number of nitrogens with one attached hydrogen (secondary N) is 1. The van der Waals surface area contributed by atoms with Gasteiger partial charge in [-0.3, -0.25) is 19.4 Å². The molecule has 0 radical (unpaired) electrons. The lowest BCUT2D eigenvalue weighted by Gasteiger charge is -2.35. The molecule has 3 aromatic carbocycles. The third-order valence-corrected chi connectivity index (χ3v) is 10.3. The first-order valence-electron chi connectivity index (χ1n) is 14.1. The molecule has 0 bridgehead atoms. The molecule has 2 aliphatic rings. The number of carbonyl (C=O) groups is 2. The Kier molecular flexibility index (Phi) is 9.83. The van der Waals surface area contributed by atoms with E-state index < -0.39 is 22.1 Å². The van der Waals surface area contributed by atoms with Gasteiger partial charge in [-0.2, -0.15) is 0 Å². The summed E-state index contributed by atoms with van der Waals surface area (Å²) >= 11 is 12.4. The average Bonchev–Trinajstić information content (AvgIpc) is 3.02. The molecule has 1 saturated heterocycles. The molecule has 13 heteroatoms. The summed E-state index contributed by atoms with van der Waals surface area (Å²) in [5.41, 5.74) is 2.95. The number of fused-ring (bicyclic) bond motifs is 1. The third-order valence-electron chi connectivity index (χ3n) is 7.76. The number of halogens is 2. The Bertz CT molecular complexity index is 1650. The number of benzene rings is 3. The van der Waals surface area contributed by atoms with Gasteiger partial charge in [0, 0.05) is 39.8 Å². The molecule has 44 heavy (non-hydrogen) atoms. The first-order chi connectivity index (χ1) is 21.0. The Hall–Kier alpha value is -3.19. The highest BCUT2D eigenvalue weighted by molar-refractivity contribution is 7.89. The van der Waals surface area contributed by atoms with E-state index in [2.05, 4.69) is 10.2 Å². The SMILES string of the molecule is CC(C(=O)NC(CN1CCOCC1)c1cccc(-c2ccc(S(=O)(=O)N(C)C)cc2)c1)N1C(=O)COc2cc(Cl)c(Cl)cc21. The van der Waals surface area contributed by atoms with Crippen LogP contribution in [-0.2, 0) is 24.3 Å². The van der Waals surface area contributed by atoms with E-state index in [4.69, 9.17) is 32.7 Å². The van der Waals surface area contributed by atoms with E-state index in [-0.39, 0.29) is 33.4 Å². The summed E-state index contributed by atoms with van der Waals surface area (Å²) in [5.74, 6) is -0.343. The minimum Gasteiger partial charge on any atom is -0.482 e. The highest BCUT2D eigenvalue weighted by atomic mass is 35.5. The van der Waals surface area contributed by atoms with Crippen LogP contribution in [0.3, 0.4) is 0 Å². The molecule has 234 valence electrons. The largest absolute Gasteiger partial charge is 0.482 e. The maximum Gasteiger partial charge on any atom is 0.265 e. The summed E-state index contributed by atoms with van der Waals surface area (Å²) in [6.07, 6.45) is 0. The van der Waals surface area contributed by atoms with Crippen LogP contribution in [0.2, 0.25) is 10.0 Å². The first kappa shape index (κ1) is 32.2. The Labute approximate surface area is 267 Å². The van der Waals surface area contributed by atoms with Gasteiger partial charge in [0.2, 0.25) is 15.9 Å². The lowest BCUT2D eigenvalue weighted by atomic mass is 9.98. The van der Waals surface area contributed by atoms with Crippen molar-refractivity contribution in [3.05, 3.63) is 76.3 Å². The number of sulfonamides is 1. The van der Waals surface area contributed by atoms with Crippen LogP contribution < -0.4 is 15.0 Å². The Morgan fingerprint density at radius 2 is 1.68 bits per heavy atom. The number of rotatable bonds is 9. The molecule has 2 atom stereocenters. The fraction of sp³-hybridized carbons (Fsp3) is 0.355. The maximum absolute atomic E-state index is 13.8. The molecule has 0 saturated carbocycles. The molecular weight excluding hydrogens is 627 g/mol. The molecule has 2 aliphatic heterocycles. The summed E-state index contributed by atoms with van der Waals surface area (Å²) in [5, 5.41) is 3.71. The smallest absolute Gasteiger partial charge is 0.265 e. The molecule has 3 aromatic rings. The number of ether oxygens (including phenoxy) is 2. The summed E-state index contributed by atoms with van der Waals surface area (Å²) in [6, 6.07) is 16.3. The van der Waals surface area contributed by atoms with Crippen LogP contribution in [0.1, 0.15) is 18.5 Å². The van der Waals surface area contributed by atoms with Gasteiger partial charge in [0.05, 0.1) is 39.9 Å². The molecule has 0 aromatic heterocycles. The van der Waals surface area contributed by atoms with Crippen LogP contribution in [0.4, 0.5) is 5.69 Å². The minimum absolute atomic E-state index is 0.205. The fourth-order valence-corrected chi connectivity index (χ4v) is 6.45. The Balaban J connectivity index is 1.42. The third kappa shape index (κ3) is 6.88. The van der Waals surface area contributed by atoms with Crippen molar-refractivity contribution in [2.75, 3.05) is 58.5 Å². The first-order valence-corrected chi connectivity index (χ1v) is 16.3. The molecular formula is C31H34Cl2N4O6S. The van der Waals surface area contributed by atoms with Crippen LogP contribution in [0.15, 0.2) is 65.6 Å². The van der Waals surface area contributed by atoms with Crippen molar-refractivity contribution in [3.8, 4) is 16.9 Å². The van der Waals surface area contributed by atoms with Crippen LogP contribution in [0, 0.1) is 0 Å². The Morgan fingerprint density at radius 1 is 1.00 bits per heavy atom. The summed E-state index contributed by atoms with van der Waals surface area (Å²) in [4.78, 5) is 30.6. The van der Waals surface area contributed by atoms with Crippen molar-refractivity contribution in [2.24, 2.45) is 0 Å². The molecule has 1 N–H and O–H groups in total. The number of hydrogen-bond donors (Lipinski definition) is 1. The lowest BCUT2D eigenvalue weighted by molar-refractivity contribution is -0.128. The second-order valence-corrected chi connectivity index (χ2v) is 13.8. The van der Waals surface area contributed by atoms with Gasteiger partial charge in [0.1, 0.15) is 11.8 Å². The zero-order valence-corrected chi connectivity index (χ0v) is 27.0. The topological polar surface area (TPSA) is 108 Å². The number of hydrogen-bond acceptors (Lipinski definition) is 7. The molecule has 0 aliphatic carbocycles. The summed E-state index contributed by atoms with van der Waals surface area (Å²) in [7, 11) is -0.562. The van der Waals surface area contributed by atoms with Crippen LogP contribution in [0.25, 0.3) is 11.1 Å². The van der Waals surface area contributed by atoms with Gasteiger partial charge in [0.25, 0.3) is 5.91 Å². The molecule has 2 unspecified atom stereocenters. The van der Waals surface area contributed by atoms with Crippen molar-refractivity contribution in [3.63, 3.8) is 0 Å². The molecule has 2 heterocycles. The van der Waals surface area contributed by atoms with Gasteiger partial charge in [-0.1, -0.05) is 53.5 Å². The van der Waals surface area contributed by atoms with Crippen LogP contribution in [-0.4, -0.2) is 89.0 Å². The van der Waals surface area contributed by atoms with E-state index in [9.17, 15) is 18.0 Å². The minimum atomic E-state index is -3.55. The quantitative estimate of drug-likeness (QED) is 0.366. The monoisotopic (exact) mass is 660 g/mol. The fourth-order valence-electron chi connectivity index (χ4n) is 5.24. The Morgan fingerprint density at radius 3 is 2.36 bits per heavy atom. The second kappa shape index (κ2) is 13.4. The van der Waals surface area contributed by atoms with Gasteiger partial charge < -0.3 is 14.8 Å². The predicted molar refractivity (Wildman–Crippen MR) is 170 cm³/mol. The predicted octanol–water partition coefficient (Wildman–Crippen LogP) is 4.21. The van der Waals surface area contributed by atoms with E-state index >= 15 is 0 Å². The highest BCUT2D eigenvalue weighted by Gasteiger charge is 2.35. The summed E-state index contributed by atoms with van der Waals surface area (Å²) < 4.78 is 37.3. The molecule has 2 amide bonds. The highest BCUT2D eigenvalue weighted by Crippen LogP contribution is 2.39. The van der Waals surface area contributed by atoms with Gasteiger partial charge in [0.15, 0.2) is 6.61 Å². The van der Waals surface area contributed by atoms with E-state index in [0.717, 1.165) is 29.8 Å². The standard InChI is InChI=1S/C31H34Cl2N4O6S/c1-20(37-28-16-25(32)26(33)17-29(28)43-19-30(37)38)31(39)34-27(18-36-11-13-42-14-12-36)23-6-4-5-22(15-23)21-7-9-24(10-8-21)44(40,41)35(2)3/h4-10,15-17,20,27H,11-14,18-19H2,1-3H3,(H,34,39). The van der Waals surface area contributed by atoms with Crippen molar-refractivity contribution in [1.29, 1.82) is 0 Å². The van der Waals surface area contributed by atoms with Crippen molar-refractivity contribution < 1.29 is 27.5 Å². The summed E-state index contributed by atoms with van der Waals surface area (Å²) in [6.45, 7) is 4.60. The molecule has 0 spiro atoms. The number of amides is 2. The van der Waals surface area contributed by atoms with E-state index in [1.165, 1.54) is 29.4 Å². The number of nitrogens with zero attached hydrogens (tertiary/aromatic N) is 3. The van der Waals surface area contributed by atoms with Crippen LogP contribution >= 0.6 is 23.2 Å². The van der Waals surface area contributed by atoms with Crippen LogP contribution in [0.5, 0.6) is 5.75 Å². The van der Waals surface area contributed by atoms with Gasteiger partial charge >= 0.3 is 0 Å². The maximum atomic E-state index is 13.8. The zero-order chi connectivity index (χ0) is 31.6. The molecule has 5 rings (SSSR count). The van der Waals surface area contributed by atoms with Gasteiger partial charge in [-0.25, -0.2) is 12.7 Å². The lowest BCUT2D eigenvalue weighted by Crippen LogP contribution is -2.53. The normalized spacial score (nSPS) is 17.1. The van der Waals surface area contributed by atoms with E-state index in [1.54, 1.807) is 37.3 Å². The van der Waals surface area contributed by atoms with Crippen molar-refractivity contribution >= 4 is 50.7 Å². The van der Waals surface area contributed by atoms with Gasteiger partial charge in [-0.05, 0) is 47.9 Å². The number of anilines is 1. The zero-order valence-electron chi connectivity index (χ0n) is 24.6. The number of carbonyl (C=O) groups excluding carboxylic acids is 2. The van der Waals surface area contributed by atoms with Crippen molar-refractivity contribution in [2.45, 2.75) is 23.9 Å². The van der Waals surface area contributed by atoms with E-state index in [0.29, 0.717) is 31.2 Å². The second-order valence-electron chi connectivity index (χ2n) is 10.9. The average molecular weight is 662 g/mol. The number of morpholine rings is 1. The van der Waals surface area contributed by atoms with Crippen molar-refractivity contribution in [1.82, 2.24) is 14.5 Å². The molecule has 10 nitrogen and oxygen atoms in total. The van der Waals surface area contributed by atoms with E-state index in [1.807, 2.05) is 24.3 Å². The van der Waals surface area contributed by atoms with Gasteiger partial charge in [-0.15, -0.1) is 0 Å². The molecule has 1 fully saturated rings.